The van der Waals surface area contributed by atoms with E-state index in [1.807, 2.05) is 54.6 Å². The number of nitrogens with zero attached hydrogens (tertiary/aromatic N) is 1. The average molecular weight is 330 g/mol. The van der Waals surface area contributed by atoms with Gasteiger partial charge in [0.05, 0.1) is 11.4 Å². The van der Waals surface area contributed by atoms with E-state index >= 15 is 0 Å². The van der Waals surface area contributed by atoms with Crippen molar-refractivity contribution in [1.82, 2.24) is 0 Å². The molecule has 3 nitrogen and oxygen atoms in total. The molecule has 3 aromatic carbocycles. The van der Waals surface area contributed by atoms with Gasteiger partial charge in [-0.1, -0.05) is 42.5 Å². The number of hydrogen-bond donors (Lipinski definition) is 1. The second-order valence-corrected chi connectivity index (χ2v) is 6.58. The van der Waals surface area contributed by atoms with Crippen molar-refractivity contribution in [3.8, 4) is 0 Å². The molecule has 25 heavy (non-hydrogen) atoms. The molecule has 0 spiro atoms. The molecule has 1 fully saturated rings. The predicted octanol–water partition coefficient (Wildman–Crippen LogP) is 5.08. The molecule has 1 amide bonds. The first kappa shape index (κ1) is 15.7. The third-order valence-electron chi connectivity index (χ3n) is 4.86. The Kier molecular flexibility index (Phi) is 4.38. The minimum absolute atomic E-state index is 0.0600. The fourth-order valence-electron chi connectivity index (χ4n) is 3.51. The Morgan fingerprint density at radius 2 is 1.52 bits per heavy atom. The molecule has 1 N–H and O–H groups in total. The standard InChI is InChI=1S/C22H22N2O/c25-22(19-13-12-17-8-2-3-9-18(17)16-19)23-20-10-4-5-11-21(20)24-14-6-1-7-15-24/h2-5,8-13,16H,1,6-7,14-15H2,(H,23,25). The summed E-state index contributed by atoms with van der Waals surface area (Å²) in [5.74, 6) is -0.0600. The summed E-state index contributed by atoms with van der Waals surface area (Å²) >= 11 is 0. The van der Waals surface area contributed by atoms with E-state index in [1.54, 1.807) is 0 Å². The van der Waals surface area contributed by atoms with Crippen molar-refractivity contribution in [3.05, 3.63) is 72.3 Å². The summed E-state index contributed by atoms with van der Waals surface area (Å²) < 4.78 is 0. The molecule has 3 heteroatoms. The van der Waals surface area contributed by atoms with Gasteiger partial charge in [0.1, 0.15) is 0 Å². The number of para-hydroxylation sites is 2. The van der Waals surface area contributed by atoms with Crippen LogP contribution >= 0.6 is 0 Å². The van der Waals surface area contributed by atoms with E-state index in [0.29, 0.717) is 5.56 Å². The van der Waals surface area contributed by atoms with E-state index < -0.39 is 0 Å². The van der Waals surface area contributed by atoms with Gasteiger partial charge in [0.25, 0.3) is 5.91 Å². The lowest BCUT2D eigenvalue weighted by Gasteiger charge is -2.30. The smallest absolute Gasteiger partial charge is 0.255 e. The molecular weight excluding hydrogens is 308 g/mol. The molecule has 1 saturated heterocycles. The highest BCUT2D eigenvalue weighted by atomic mass is 16.1. The summed E-state index contributed by atoms with van der Waals surface area (Å²) in [7, 11) is 0. The number of nitrogens with one attached hydrogen (secondary N) is 1. The van der Waals surface area contributed by atoms with Crippen molar-refractivity contribution in [2.45, 2.75) is 19.3 Å². The lowest BCUT2D eigenvalue weighted by Crippen LogP contribution is -2.30. The summed E-state index contributed by atoms with van der Waals surface area (Å²) in [6.07, 6.45) is 3.72. The van der Waals surface area contributed by atoms with Crippen molar-refractivity contribution in [3.63, 3.8) is 0 Å². The van der Waals surface area contributed by atoms with Crippen LogP contribution in [0.4, 0.5) is 11.4 Å². The first-order valence-corrected chi connectivity index (χ1v) is 8.95. The van der Waals surface area contributed by atoms with Gasteiger partial charge in [-0.05, 0) is 54.3 Å². The zero-order valence-corrected chi connectivity index (χ0v) is 14.2. The highest BCUT2D eigenvalue weighted by molar-refractivity contribution is 6.07. The molecule has 1 aliphatic rings. The lowest BCUT2D eigenvalue weighted by atomic mass is 10.1. The van der Waals surface area contributed by atoms with Crippen molar-refractivity contribution in [2.75, 3.05) is 23.3 Å². The maximum Gasteiger partial charge on any atom is 0.255 e. The molecule has 0 bridgehead atoms. The van der Waals surface area contributed by atoms with Gasteiger partial charge >= 0.3 is 0 Å². The molecule has 4 rings (SSSR count). The molecular formula is C22H22N2O. The number of piperidine rings is 1. The van der Waals surface area contributed by atoms with E-state index in [2.05, 4.69) is 22.3 Å². The Hall–Kier alpha value is -2.81. The lowest BCUT2D eigenvalue weighted by molar-refractivity contribution is 0.102. The van der Waals surface area contributed by atoms with Crippen LogP contribution in [0, 0.1) is 0 Å². The van der Waals surface area contributed by atoms with Gasteiger partial charge in [0.15, 0.2) is 0 Å². The maximum absolute atomic E-state index is 12.8. The van der Waals surface area contributed by atoms with Gasteiger partial charge in [-0.15, -0.1) is 0 Å². The van der Waals surface area contributed by atoms with E-state index in [-0.39, 0.29) is 5.91 Å². The monoisotopic (exact) mass is 330 g/mol. The van der Waals surface area contributed by atoms with Gasteiger partial charge in [-0.2, -0.15) is 0 Å². The Bertz CT molecular complexity index is 897. The van der Waals surface area contributed by atoms with Gasteiger partial charge < -0.3 is 10.2 Å². The van der Waals surface area contributed by atoms with E-state index in [1.165, 1.54) is 19.3 Å². The summed E-state index contributed by atoms with van der Waals surface area (Å²) in [5.41, 5.74) is 2.70. The van der Waals surface area contributed by atoms with Gasteiger partial charge in [0.2, 0.25) is 0 Å². The van der Waals surface area contributed by atoms with Crippen molar-refractivity contribution in [2.24, 2.45) is 0 Å². The Balaban J connectivity index is 1.59. The van der Waals surface area contributed by atoms with Crippen LogP contribution in [0.5, 0.6) is 0 Å². The van der Waals surface area contributed by atoms with Crippen LogP contribution in [-0.4, -0.2) is 19.0 Å². The second-order valence-electron chi connectivity index (χ2n) is 6.58. The largest absolute Gasteiger partial charge is 0.370 e. The van der Waals surface area contributed by atoms with E-state index in [4.69, 9.17) is 0 Å². The second kappa shape index (κ2) is 6.98. The summed E-state index contributed by atoms with van der Waals surface area (Å²) in [6.45, 7) is 2.12. The molecule has 0 aliphatic carbocycles. The van der Waals surface area contributed by atoms with Crippen LogP contribution in [-0.2, 0) is 0 Å². The summed E-state index contributed by atoms with van der Waals surface area (Å²) in [4.78, 5) is 15.1. The number of rotatable bonds is 3. The third kappa shape index (κ3) is 3.36. The highest BCUT2D eigenvalue weighted by Gasteiger charge is 2.16. The SMILES string of the molecule is O=C(Nc1ccccc1N1CCCCC1)c1ccc2ccccc2c1. The van der Waals surface area contributed by atoms with Gasteiger partial charge in [-0.25, -0.2) is 0 Å². The molecule has 3 aromatic rings. The number of anilines is 2. The molecule has 1 aliphatic heterocycles. The molecule has 0 atom stereocenters. The van der Waals surface area contributed by atoms with Crippen LogP contribution in [0.2, 0.25) is 0 Å². The van der Waals surface area contributed by atoms with Gasteiger partial charge in [-0.3, -0.25) is 4.79 Å². The fourth-order valence-corrected chi connectivity index (χ4v) is 3.51. The number of benzene rings is 3. The van der Waals surface area contributed by atoms with Gasteiger partial charge in [0, 0.05) is 18.7 Å². The number of hydrogen-bond acceptors (Lipinski definition) is 2. The number of carbonyl (C=O) groups excluding carboxylic acids is 1. The summed E-state index contributed by atoms with van der Waals surface area (Å²) in [5, 5.41) is 5.34. The normalized spacial score (nSPS) is 14.5. The zero-order chi connectivity index (χ0) is 17.1. The number of fused-ring (bicyclic) bond motifs is 1. The number of carbonyl (C=O) groups is 1. The van der Waals surface area contributed by atoms with Crippen LogP contribution in [0.25, 0.3) is 10.8 Å². The highest BCUT2D eigenvalue weighted by Crippen LogP contribution is 2.29. The number of amides is 1. The first-order chi connectivity index (χ1) is 12.3. The molecule has 0 radical (unpaired) electrons. The van der Waals surface area contributed by atoms with Crippen LogP contribution in [0.1, 0.15) is 29.6 Å². The summed E-state index contributed by atoms with van der Waals surface area (Å²) in [6, 6.07) is 22.0. The average Bonchev–Trinajstić information content (AvgIpc) is 2.68. The van der Waals surface area contributed by atoms with Crippen molar-refractivity contribution in [1.29, 1.82) is 0 Å². The van der Waals surface area contributed by atoms with Crippen LogP contribution in [0.3, 0.4) is 0 Å². The Morgan fingerprint density at radius 3 is 2.36 bits per heavy atom. The Labute approximate surface area is 148 Å². The van der Waals surface area contributed by atoms with Crippen LogP contribution < -0.4 is 10.2 Å². The van der Waals surface area contributed by atoms with Crippen LogP contribution in [0.15, 0.2) is 66.7 Å². The molecule has 0 aromatic heterocycles. The zero-order valence-electron chi connectivity index (χ0n) is 14.2. The molecule has 0 unspecified atom stereocenters. The topological polar surface area (TPSA) is 32.3 Å². The fraction of sp³-hybridized carbons (Fsp3) is 0.227. The Morgan fingerprint density at radius 1 is 0.800 bits per heavy atom. The molecule has 1 heterocycles. The van der Waals surface area contributed by atoms with E-state index in [0.717, 1.165) is 35.2 Å². The molecule has 0 saturated carbocycles. The third-order valence-corrected chi connectivity index (χ3v) is 4.86. The first-order valence-electron chi connectivity index (χ1n) is 8.95. The van der Waals surface area contributed by atoms with E-state index in [9.17, 15) is 4.79 Å². The quantitative estimate of drug-likeness (QED) is 0.726. The predicted molar refractivity (Wildman–Crippen MR) is 104 cm³/mol. The van der Waals surface area contributed by atoms with Crippen molar-refractivity contribution >= 4 is 28.1 Å². The van der Waals surface area contributed by atoms with Crippen molar-refractivity contribution < 1.29 is 4.79 Å². The molecule has 126 valence electrons. The minimum Gasteiger partial charge on any atom is -0.370 e. The maximum atomic E-state index is 12.8. The minimum atomic E-state index is -0.0600.